The molecular weight excluding hydrogens is 244 g/mol. The fraction of sp³-hybridized carbons (Fsp3) is 0.429. The molecule has 0 atom stereocenters. The Bertz CT molecular complexity index is 456. The van der Waals surface area contributed by atoms with Gasteiger partial charge in [0.05, 0.1) is 18.5 Å². The van der Waals surface area contributed by atoms with Gasteiger partial charge in [-0.25, -0.2) is 0 Å². The van der Waals surface area contributed by atoms with E-state index in [2.05, 4.69) is 4.90 Å². The molecule has 19 heavy (non-hydrogen) atoms. The molecule has 0 bridgehead atoms. The highest BCUT2D eigenvalue weighted by atomic mass is 16.7. The summed E-state index contributed by atoms with van der Waals surface area (Å²) in [4.78, 5) is 29.5. The van der Waals surface area contributed by atoms with Crippen LogP contribution in [0, 0.1) is 0 Å². The van der Waals surface area contributed by atoms with Crippen LogP contribution in [0.5, 0.6) is 0 Å². The lowest BCUT2D eigenvalue weighted by Crippen LogP contribution is -2.35. The molecule has 1 aromatic rings. The number of para-hydroxylation sites is 2. The van der Waals surface area contributed by atoms with E-state index in [1.807, 2.05) is 18.2 Å². The highest BCUT2D eigenvalue weighted by molar-refractivity contribution is 6.30. The van der Waals surface area contributed by atoms with Crippen molar-refractivity contribution in [2.24, 2.45) is 0 Å². The van der Waals surface area contributed by atoms with Gasteiger partial charge in [0.15, 0.2) is 0 Å². The number of hydroxylamine groups is 1. The first kappa shape index (κ1) is 13.5. The topological polar surface area (TPSA) is 49.9 Å². The number of carbonyl (C=O) groups excluding carboxylic acids is 2. The molecule has 5 nitrogen and oxygen atoms in total. The molecule has 1 aromatic carbocycles. The van der Waals surface area contributed by atoms with Gasteiger partial charge in [-0.3, -0.25) is 14.4 Å². The zero-order valence-corrected chi connectivity index (χ0v) is 11.0. The van der Waals surface area contributed by atoms with Crippen molar-refractivity contribution in [2.45, 2.75) is 19.3 Å². The molecule has 0 aromatic heterocycles. The van der Waals surface area contributed by atoms with Crippen molar-refractivity contribution in [2.75, 3.05) is 30.2 Å². The number of hydrogen-bond donors (Lipinski definition) is 0. The Hall–Kier alpha value is -1.88. The van der Waals surface area contributed by atoms with Crippen LogP contribution in [0.15, 0.2) is 24.3 Å². The summed E-state index contributed by atoms with van der Waals surface area (Å²) in [5.74, 6) is -0.702. The van der Waals surface area contributed by atoms with E-state index in [4.69, 9.17) is 4.84 Å². The predicted octanol–water partition coefficient (Wildman–Crippen LogP) is 1.77. The first-order valence-corrected chi connectivity index (χ1v) is 6.45. The SMILES string of the molecule is CON(C(=O)C=O)c1ccccc1N1CCCCC1. The lowest BCUT2D eigenvalue weighted by molar-refractivity contribution is -0.133. The van der Waals surface area contributed by atoms with Crippen molar-refractivity contribution in [1.29, 1.82) is 0 Å². The third kappa shape index (κ3) is 2.93. The number of nitrogens with zero attached hydrogens (tertiary/aromatic N) is 2. The van der Waals surface area contributed by atoms with Gasteiger partial charge in [0.25, 0.3) is 0 Å². The van der Waals surface area contributed by atoms with E-state index in [0.717, 1.165) is 36.7 Å². The van der Waals surface area contributed by atoms with E-state index in [-0.39, 0.29) is 6.29 Å². The van der Waals surface area contributed by atoms with Gasteiger partial charge < -0.3 is 4.90 Å². The second kappa shape index (κ2) is 6.33. The minimum absolute atomic E-state index is 0.260. The average molecular weight is 262 g/mol. The van der Waals surface area contributed by atoms with Crippen molar-refractivity contribution in [3.05, 3.63) is 24.3 Å². The Balaban J connectivity index is 2.33. The van der Waals surface area contributed by atoms with E-state index >= 15 is 0 Å². The van der Waals surface area contributed by atoms with Crippen LogP contribution < -0.4 is 9.96 Å². The maximum Gasteiger partial charge on any atom is 0.315 e. The summed E-state index contributed by atoms with van der Waals surface area (Å²) in [6, 6.07) is 7.49. The summed E-state index contributed by atoms with van der Waals surface area (Å²) in [5, 5.41) is 1.04. The van der Waals surface area contributed by atoms with Gasteiger partial charge in [-0.15, -0.1) is 0 Å². The molecule has 0 saturated carbocycles. The summed E-state index contributed by atoms with van der Waals surface area (Å²) in [6.45, 7) is 1.92. The van der Waals surface area contributed by atoms with E-state index in [1.165, 1.54) is 13.5 Å². The van der Waals surface area contributed by atoms with Crippen LogP contribution in [-0.4, -0.2) is 32.4 Å². The molecule has 102 valence electrons. The lowest BCUT2D eigenvalue weighted by atomic mass is 10.1. The third-order valence-corrected chi connectivity index (χ3v) is 3.28. The molecule has 5 heteroatoms. The van der Waals surface area contributed by atoms with Gasteiger partial charge >= 0.3 is 5.91 Å². The first-order valence-electron chi connectivity index (χ1n) is 6.45. The number of carbonyl (C=O) groups is 2. The lowest BCUT2D eigenvalue weighted by Gasteiger charge is -2.32. The molecule has 0 aliphatic carbocycles. The smallest absolute Gasteiger partial charge is 0.315 e. The van der Waals surface area contributed by atoms with Crippen LogP contribution in [0.2, 0.25) is 0 Å². The highest BCUT2D eigenvalue weighted by Crippen LogP contribution is 2.31. The summed E-state index contributed by atoms with van der Waals surface area (Å²) in [6.07, 6.45) is 3.78. The molecule has 1 aliphatic heterocycles. The third-order valence-electron chi connectivity index (χ3n) is 3.28. The molecule has 1 fully saturated rings. The Morgan fingerprint density at radius 3 is 2.58 bits per heavy atom. The van der Waals surface area contributed by atoms with Gasteiger partial charge in [-0.2, -0.15) is 5.06 Å². The monoisotopic (exact) mass is 262 g/mol. The number of amides is 1. The van der Waals surface area contributed by atoms with Gasteiger partial charge in [0.1, 0.15) is 0 Å². The summed E-state index contributed by atoms with van der Waals surface area (Å²) >= 11 is 0. The summed E-state index contributed by atoms with van der Waals surface area (Å²) in [5.41, 5.74) is 1.54. The number of hydrogen-bond acceptors (Lipinski definition) is 4. The van der Waals surface area contributed by atoms with Gasteiger partial charge in [-0.05, 0) is 31.4 Å². The van der Waals surface area contributed by atoms with Crippen LogP contribution in [0.25, 0.3) is 0 Å². The fourth-order valence-corrected chi connectivity index (χ4v) is 2.39. The zero-order valence-electron chi connectivity index (χ0n) is 11.0. The molecular formula is C14H18N2O3. The molecule has 1 amide bonds. The number of piperidine rings is 1. The number of aldehydes is 1. The minimum atomic E-state index is -0.702. The van der Waals surface area contributed by atoms with Gasteiger partial charge in [0.2, 0.25) is 6.29 Å². The normalized spacial score (nSPS) is 15.1. The first-order chi connectivity index (χ1) is 9.27. The zero-order chi connectivity index (χ0) is 13.7. The van der Waals surface area contributed by atoms with Crippen LogP contribution in [-0.2, 0) is 14.4 Å². The average Bonchev–Trinajstić information content (AvgIpc) is 2.49. The number of anilines is 2. The molecule has 2 rings (SSSR count). The Morgan fingerprint density at radius 1 is 1.26 bits per heavy atom. The minimum Gasteiger partial charge on any atom is -0.370 e. The van der Waals surface area contributed by atoms with Gasteiger partial charge in [-0.1, -0.05) is 12.1 Å². The highest BCUT2D eigenvalue weighted by Gasteiger charge is 2.21. The Kier molecular flexibility index (Phi) is 4.52. The van der Waals surface area contributed by atoms with Crippen molar-refractivity contribution in [1.82, 2.24) is 0 Å². The molecule has 1 saturated heterocycles. The predicted molar refractivity (Wildman–Crippen MR) is 73.1 cm³/mol. The van der Waals surface area contributed by atoms with E-state index in [0.29, 0.717) is 5.69 Å². The second-order valence-corrected chi connectivity index (χ2v) is 4.47. The Morgan fingerprint density at radius 2 is 1.95 bits per heavy atom. The molecule has 0 N–H and O–H groups in total. The summed E-state index contributed by atoms with van der Waals surface area (Å²) in [7, 11) is 1.38. The fourth-order valence-electron chi connectivity index (χ4n) is 2.39. The summed E-state index contributed by atoms with van der Waals surface area (Å²) < 4.78 is 0. The van der Waals surface area contributed by atoms with Crippen LogP contribution >= 0.6 is 0 Å². The van der Waals surface area contributed by atoms with Crippen molar-refractivity contribution in [3.63, 3.8) is 0 Å². The van der Waals surface area contributed by atoms with Crippen molar-refractivity contribution in [3.8, 4) is 0 Å². The maximum absolute atomic E-state index is 11.6. The quantitative estimate of drug-likeness (QED) is 0.471. The van der Waals surface area contributed by atoms with Crippen molar-refractivity contribution >= 4 is 23.6 Å². The maximum atomic E-state index is 11.6. The van der Waals surface area contributed by atoms with Crippen molar-refractivity contribution < 1.29 is 14.4 Å². The van der Waals surface area contributed by atoms with Crippen LogP contribution in [0.1, 0.15) is 19.3 Å². The van der Waals surface area contributed by atoms with E-state index < -0.39 is 5.91 Å². The molecule has 0 radical (unpaired) electrons. The van der Waals surface area contributed by atoms with Gasteiger partial charge in [0, 0.05) is 13.1 Å². The molecule has 1 aliphatic rings. The number of benzene rings is 1. The number of rotatable bonds is 4. The largest absolute Gasteiger partial charge is 0.370 e. The standard InChI is InChI=1S/C14H18N2O3/c1-19-16(14(18)11-17)13-8-4-3-7-12(13)15-9-5-2-6-10-15/h3-4,7-8,11H,2,5-6,9-10H2,1H3. The van der Waals surface area contributed by atoms with Crippen LogP contribution in [0.3, 0.4) is 0 Å². The molecule has 0 spiro atoms. The van der Waals surface area contributed by atoms with Crippen LogP contribution in [0.4, 0.5) is 11.4 Å². The van der Waals surface area contributed by atoms with E-state index in [9.17, 15) is 9.59 Å². The Labute approximate surface area is 112 Å². The molecule has 1 heterocycles. The second-order valence-electron chi connectivity index (χ2n) is 4.47. The van der Waals surface area contributed by atoms with E-state index in [1.54, 1.807) is 6.07 Å². The molecule has 0 unspecified atom stereocenters.